The molecule has 2 aliphatic rings. The van der Waals surface area contributed by atoms with E-state index < -0.39 is 18.0 Å². The maximum absolute atomic E-state index is 12.8. The standard InChI is InChI=1S/C24H28N2O5/c1-24(2)30-13-12-29-21(16-26-15-18-10-6-7-11-19(18)23(26)28)20(31-24)14-25-22(27)17-8-4-3-5-9-17/h3-11,20-21H,12-16H2,1-2H3,(H,25,27)/t20-,21+/m0/s1. The molecule has 0 spiro atoms. The maximum Gasteiger partial charge on any atom is 0.254 e. The minimum absolute atomic E-state index is 0.0103. The number of hydrogen-bond donors (Lipinski definition) is 1. The molecule has 4 rings (SSSR count). The molecule has 1 saturated heterocycles. The Morgan fingerprint density at radius 1 is 1.06 bits per heavy atom. The first kappa shape index (κ1) is 21.5. The van der Waals surface area contributed by atoms with Gasteiger partial charge < -0.3 is 24.4 Å². The Balaban J connectivity index is 1.47. The highest BCUT2D eigenvalue weighted by molar-refractivity contribution is 5.98. The van der Waals surface area contributed by atoms with Crippen molar-refractivity contribution in [2.24, 2.45) is 0 Å². The molecule has 0 unspecified atom stereocenters. The molecule has 0 aromatic heterocycles. The fraction of sp³-hybridized carbons (Fsp3) is 0.417. The Kier molecular flexibility index (Phi) is 6.36. The van der Waals surface area contributed by atoms with E-state index in [0.29, 0.717) is 31.9 Å². The lowest BCUT2D eigenvalue weighted by molar-refractivity contribution is -0.278. The summed E-state index contributed by atoms with van der Waals surface area (Å²) in [5, 5.41) is 2.93. The van der Waals surface area contributed by atoms with Gasteiger partial charge in [-0.25, -0.2) is 0 Å². The number of nitrogens with zero attached hydrogens (tertiary/aromatic N) is 1. The van der Waals surface area contributed by atoms with Crippen molar-refractivity contribution in [1.29, 1.82) is 0 Å². The minimum Gasteiger partial charge on any atom is -0.371 e. The lowest BCUT2D eigenvalue weighted by Crippen LogP contribution is -2.52. The molecular weight excluding hydrogens is 396 g/mol. The maximum atomic E-state index is 12.8. The van der Waals surface area contributed by atoms with Crippen LogP contribution in [-0.2, 0) is 20.8 Å². The summed E-state index contributed by atoms with van der Waals surface area (Å²) in [6.07, 6.45) is -0.892. The average molecular weight is 424 g/mol. The number of ether oxygens (including phenoxy) is 3. The predicted octanol–water partition coefficient (Wildman–Crippen LogP) is 2.61. The Morgan fingerprint density at radius 3 is 2.58 bits per heavy atom. The van der Waals surface area contributed by atoms with Crippen molar-refractivity contribution in [3.8, 4) is 0 Å². The van der Waals surface area contributed by atoms with E-state index in [4.69, 9.17) is 14.2 Å². The minimum atomic E-state index is -0.831. The van der Waals surface area contributed by atoms with Gasteiger partial charge in [-0.3, -0.25) is 9.59 Å². The number of fused-ring (bicyclic) bond motifs is 1. The molecule has 0 saturated carbocycles. The Hall–Kier alpha value is -2.74. The van der Waals surface area contributed by atoms with Crippen molar-refractivity contribution in [2.45, 2.75) is 38.4 Å². The summed E-state index contributed by atoms with van der Waals surface area (Å²) in [6.45, 7) is 5.61. The third-order valence-electron chi connectivity index (χ3n) is 5.51. The highest BCUT2D eigenvalue weighted by atomic mass is 16.7. The number of amides is 2. The SMILES string of the molecule is CC1(C)OCCO[C@H](CN2Cc3ccccc3C2=O)[C@H](CNC(=O)c2ccccc2)O1. The van der Waals surface area contributed by atoms with Gasteiger partial charge in [0, 0.05) is 24.2 Å². The van der Waals surface area contributed by atoms with Gasteiger partial charge in [0.05, 0.1) is 19.8 Å². The smallest absolute Gasteiger partial charge is 0.254 e. The van der Waals surface area contributed by atoms with Gasteiger partial charge in [0.1, 0.15) is 12.2 Å². The van der Waals surface area contributed by atoms with Crippen LogP contribution in [0.1, 0.15) is 40.1 Å². The lowest BCUT2D eigenvalue weighted by atomic mass is 10.1. The third kappa shape index (κ3) is 5.12. The molecule has 2 atom stereocenters. The number of nitrogens with one attached hydrogen (secondary N) is 1. The van der Waals surface area contributed by atoms with E-state index in [0.717, 1.165) is 11.1 Å². The topological polar surface area (TPSA) is 77.1 Å². The first-order valence-corrected chi connectivity index (χ1v) is 10.6. The largest absolute Gasteiger partial charge is 0.371 e. The van der Waals surface area contributed by atoms with Crippen LogP contribution in [0.2, 0.25) is 0 Å². The zero-order valence-corrected chi connectivity index (χ0v) is 17.9. The van der Waals surface area contributed by atoms with Crippen LogP contribution in [0.4, 0.5) is 0 Å². The van der Waals surface area contributed by atoms with Crippen LogP contribution in [0, 0.1) is 0 Å². The number of carbonyl (C=O) groups excluding carboxylic acids is 2. The number of carbonyl (C=O) groups is 2. The number of benzene rings is 2. The van der Waals surface area contributed by atoms with E-state index in [1.807, 2.05) is 56.3 Å². The molecule has 31 heavy (non-hydrogen) atoms. The van der Waals surface area contributed by atoms with Gasteiger partial charge in [0.25, 0.3) is 11.8 Å². The second-order valence-corrected chi connectivity index (χ2v) is 8.23. The molecule has 0 bridgehead atoms. The summed E-state index contributed by atoms with van der Waals surface area (Å²) in [7, 11) is 0. The second kappa shape index (κ2) is 9.18. The van der Waals surface area contributed by atoms with E-state index in [2.05, 4.69) is 5.32 Å². The Bertz CT molecular complexity index is 931. The van der Waals surface area contributed by atoms with Crippen LogP contribution in [0.3, 0.4) is 0 Å². The fourth-order valence-corrected chi connectivity index (χ4v) is 3.98. The normalized spacial score (nSPS) is 23.0. The summed E-state index contributed by atoms with van der Waals surface area (Å²) >= 11 is 0. The van der Waals surface area contributed by atoms with Crippen molar-refractivity contribution in [3.63, 3.8) is 0 Å². The molecule has 7 heteroatoms. The predicted molar refractivity (Wildman–Crippen MR) is 115 cm³/mol. The molecule has 0 aliphatic carbocycles. The molecule has 2 aliphatic heterocycles. The Morgan fingerprint density at radius 2 is 1.81 bits per heavy atom. The van der Waals surface area contributed by atoms with E-state index in [-0.39, 0.29) is 18.4 Å². The molecular formula is C24H28N2O5. The first-order valence-electron chi connectivity index (χ1n) is 10.6. The van der Waals surface area contributed by atoms with Gasteiger partial charge in [-0.2, -0.15) is 0 Å². The molecule has 164 valence electrons. The third-order valence-corrected chi connectivity index (χ3v) is 5.51. The summed E-state index contributed by atoms with van der Waals surface area (Å²) in [4.78, 5) is 27.2. The first-order chi connectivity index (χ1) is 14.9. The molecule has 7 nitrogen and oxygen atoms in total. The lowest BCUT2D eigenvalue weighted by Gasteiger charge is -2.38. The van der Waals surface area contributed by atoms with Crippen molar-refractivity contribution >= 4 is 11.8 Å². The fourth-order valence-electron chi connectivity index (χ4n) is 3.98. The van der Waals surface area contributed by atoms with Crippen LogP contribution in [0.25, 0.3) is 0 Å². The zero-order chi connectivity index (χ0) is 21.8. The second-order valence-electron chi connectivity index (χ2n) is 8.23. The van der Waals surface area contributed by atoms with Crippen molar-refractivity contribution in [1.82, 2.24) is 10.2 Å². The van der Waals surface area contributed by atoms with Gasteiger partial charge in [0.15, 0.2) is 5.79 Å². The van der Waals surface area contributed by atoms with Crippen molar-refractivity contribution < 1.29 is 23.8 Å². The molecule has 2 amide bonds. The molecule has 2 heterocycles. The summed E-state index contributed by atoms with van der Waals surface area (Å²) in [5.41, 5.74) is 2.32. The summed E-state index contributed by atoms with van der Waals surface area (Å²) < 4.78 is 18.0. The average Bonchev–Trinajstić information content (AvgIpc) is 3.08. The van der Waals surface area contributed by atoms with Gasteiger partial charge >= 0.3 is 0 Å². The van der Waals surface area contributed by atoms with Crippen LogP contribution in [0.15, 0.2) is 54.6 Å². The van der Waals surface area contributed by atoms with Gasteiger partial charge in [0.2, 0.25) is 0 Å². The van der Waals surface area contributed by atoms with Gasteiger partial charge in [-0.05, 0) is 37.6 Å². The van der Waals surface area contributed by atoms with E-state index in [1.54, 1.807) is 17.0 Å². The van der Waals surface area contributed by atoms with Crippen molar-refractivity contribution in [2.75, 3.05) is 26.3 Å². The highest BCUT2D eigenvalue weighted by Crippen LogP contribution is 2.25. The molecule has 2 aromatic carbocycles. The van der Waals surface area contributed by atoms with E-state index in [1.165, 1.54) is 0 Å². The van der Waals surface area contributed by atoms with Crippen LogP contribution < -0.4 is 5.32 Å². The monoisotopic (exact) mass is 424 g/mol. The van der Waals surface area contributed by atoms with E-state index in [9.17, 15) is 9.59 Å². The zero-order valence-electron chi connectivity index (χ0n) is 17.9. The molecule has 1 fully saturated rings. The highest BCUT2D eigenvalue weighted by Gasteiger charge is 2.37. The summed E-state index contributed by atoms with van der Waals surface area (Å²) in [6, 6.07) is 16.7. The van der Waals surface area contributed by atoms with Gasteiger partial charge in [-0.1, -0.05) is 36.4 Å². The number of rotatable bonds is 5. The van der Waals surface area contributed by atoms with Gasteiger partial charge in [-0.15, -0.1) is 0 Å². The molecule has 1 N–H and O–H groups in total. The van der Waals surface area contributed by atoms with Crippen LogP contribution >= 0.6 is 0 Å². The van der Waals surface area contributed by atoms with Crippen LogP contribution in [-0.4, -0.2) is 61.0 Å². The van der Waals surface area contributed by atoms with Crippen molar-refractivity contribution in [3.05, 3.63) is 71.3 Å². The quantitative estimate of drug-likeness (QED) is 0.799. The summed E-state index contributed by atoms with van der Waals surface area (Å²) in [5.74, 6) is -1.03. The number of hydrogen-bond acceptors (Lipinski definition) is 5. The Labute approximate surface area is 182 Å². The van der Waals surface area contributed by atoms with E-state index >= 15 is 0 Å². The molecule has 0 radical (unpaired) electrons. The molecule has 2 aromatic rings. The van der Waals surface area contributed by atoms with Crippen LogP contribution in [0.5, 0.6) is 0 Å².